The van der Waals surface area contributed by atoms with Gasteiger partial charge in [-0.2, -0.15) is 0 Å². The van der Waals surface area contributed by atoms with Gasteiger partial charge in [-0.25, -0.2) is 8.42 Å². The van der Waals surface area contributed by atoms with Gasteiger partial charge in [0.15, 0.2) is 9.84 Å². The summed E-state index contributed by atoms with van der Waals surface area (Å²) in [4.78, 5) is 0.256. The van der Waals surface area contributed by atoms with Crippen LogP contribution in [0.3, 0.4) is 0 Å². The van der Waals surface area contributed by atoms with E-state index in [1.807, 2.05) is 39.0 Å². The van der Waals surface area contributed by atoms with Crippen LogP contribution >= 0.6 is 0 Å². The molecule has 4 heteroatoms. The molecule has 2 aromatic rings. The summed E-state index contributed by atoms with van der Waals surface area (Å²) in [6.45, 7) is 5.69. The van der Waals surface area contributed by atoms with Crippen molar-refractivity contribution in [1.82, 2.24) is 0 Å². The maximum absolute atomic E-state index is 12.4. The Bertz CT molecular complexity index is 748. The summed E-state index contributed by atoms with van der Waals surface area (Å²) < 4.78 is 24.8. The van der Waals surface area contributed by atoms with Crippen molar-refractivity contribution in [2.75, 3.05) is 5.75 Å². The summed E-state index contributed by atoms with van der Waals surface area (Å²) >= 11 is 0. The number of aliphatic hydroxyl groups is 1. The quantitative estimate of drug-likeness (QED) is 0.944. The van der Waals surface area contributed by atoms with Crippen molar-refractivity contribution in [1.29, 1.82) is 0 Å². The number of sulfone groups is 1. The minimum atomic E-state index is -3.51. The van der Waals surface area contributed by atoms with Gasteiger partial charge in [-0.1, -0.05) is 35.9 Å². The van der Waals surface area contributed by atoms with E-state index < -0.39 is 15.9 Å². The van der Waals surface area contributed by atoms with E-state index in [2.05, 4.69) is 0 Å². The van der Waals surface area contributed by atoms with Crippen molar-refractivity contribution in [2.45, 2.75) is 31.8 Å². The van der Waals surface area contributed by atoms with Crippen molar-refractivity contribution in [3.8, 4) is 0 Å². The molecule has 0 bridgehead atoms. The van der Waals surface area contributed by atoms with Crippen LogP contribution in [0.5, 0.6) is 0 Å². The second-order valence-corrected chi connectivity index (χ2v) is 7.51. The van der Waals surface area contributed by atoms with Crippen LogP contribution in [0.25, 0.3) is 0 Å². The molecule has 0 spiro atoms. The summed E-state index contributed by atoms with van der Waals surface area (Å²) in [5.41, 5.74) is 3.54. The molecule has 0 saturated heterocycles. The normalized spacial score (nSPS) is 13.1. The number of aryl methyl sites for hydroxylation is 3. The lowest BCUT2D eigenvalue weighted by molar-refractivity contribution is 0.201. The lowest BCUT2D eigenvalue weighted by Crippen LogP contribution is -2.15. The van der Waals surface area contributed by atoms with E-state index in [9.17, 15) is 13.5 Å². The molecule has 0 amide bonds. The van der Waals surface area contributed by atoms with Gasteiger partial charge in [-0.05, 0) is 49.6 Å². The average molecular weight is 304 g/mol. The SMILES string of the molecule is Cc1cccc(S(=O)(=O)CC(O)c2ccc(C)cc2C)c1. The van der Waals surface area contributed by atoms with Gasteiger partial charge in [0.25, 0.3) is 0 Å². The highest BCUT2D eigenvalue weighted by Gasteiger charge is 2.22. The van der Waals surface area contributed by atoms with Crippen LogP contribution in [0.2, 0.25) is 0 Å². The third-order valence-electron chi connectivity index (χ3n) is 3.51. The summed E-state index contributed by atoms with van der Waals surface area (Å²) in [5, 5.41) is 10.3. The van der Waals surface area contributed by atoms with Gasteiger partial charge in [-0.3, -0.25) is 0 Å². The topological polar surface area (TPSA) is 54.4 Å². The molecule has 0 saturated carbocycles. The maximum Gasteiger partial charge on any atom is 0.181 e. The second kappa shape index (κ2) is 6.00. The number of benzene rings is 2. The van der Waals surface area contributed by atoms with E-state index in [4.69, 9.17) is 0 Å². The van der Waals surface area contributed by atoms with Crippen LogP contribution in [0.4, 0.5) is 0 Å². The molecule has 0 heterocycles. The first-order valence-electron chi connectivity index (χ1n) is 6.84. The molecule has 0 fully saturated rings. The Kier molecular flexibility index (Phi) is 4.49. The fraction of sp³-hybridized carbons (Fsp3) is 0.294. The summed E-state index contributed by atoms with van der Waals surface area (Å²) in [6.07, 6.45) is -1.02. The summed E-state index contributed by atoms with van der Waals surface area (Å²) in [7, 11) is -3.51. The highest BCUT2D eigenvalue weighted by molar-refractivity contribution is 7.91. The van der Waals surface area contributed by atoms with Crippen LogP contribution in [-0.4, -0.2) is 19.3 Å². The molecule has 112 valence electrons. The summed E-state index contributed by atoms with van der Waals surface area (Å²) in [6, 6.07) is 12.4. The predicted molar refractivity (Wildman–Crippen MR) is 84.1 cm³/mol. The predicted octanol–water partition coefficient (Wildman–Crippen LogP) is 3.12. The van der Waals surface area contributed by atoms with E-state index in [1.54, 1.807) is 24.3 Å². The number of hydrogen-bond donors (Lipinski definition) is 1. The van der Waals surface area contributed by atoms with E-state index in [0.717, 1.165) is 16.7 Å². The first kappa shape index (κ1) is 15.7. The number of aliphatic hydroxyl groups excluding tert-OH is 1. The first-order chi connectivity index (χ1) is 9.79. The standard InChI is InChI=1S/C17H20O3S/c1-12-5-4-6-15(10-12)21(19,20)11-17(18)16-8-7-13(2)9-14(16)3/h4-10,17-18H,11H2,1-3H3. The van der Waals surface area contributed by atoms with Crippen molar-refractivity contribution in [3.05, 3.63) is 64.7 Å². The molecular formula is C17H20O3S. The Morgan fingerprint density at radius 1 is 1.00 bits per heavy atom. The Balaban J connectivity index is 2.28. The van der Waals surface area contributed by atoms with E-state index in [1.165, 1.54) is 0 Å². The van der Waals surface area contributed by atoms with E-state index >= 15 is 0 Å². The van der Waals surface area contributed by atoms with Crippen LogP contribution in [0.1, 0.15) is 28.4 Å². The Morgan fingerprint density at radius 3 is 2.29 bits per heavy atom. The largest absolute Gasteiger partial charge is 0.387 e. The minimum Gasteiger partial charge on any atom is -0.387 e. The molecule has 2 aromatic carbocycles. The van der Waals surface area contributed by atoms with Gasteiger partial charge in [0.2, 0.25) is 0 Å². The van der Waals surface area contributed by atoms with Crippen molar-refractivity contribution in [3.63, 3.8) is 0 Å². The zero-order chi connectivity index (χ0) is 15.6. The average Bonchev–Trinajstić information content (AvgIpc) is 2.37. The van der Waals surface area contributed by atoms with Crippen LogP contribution in [0, 0.1) is 20.8 Å². The molecule has 0 aliphatic heterocycles. The Hall–Kier alpha value is -1.65. The van der Waals surface area contributed by atoms with Gasteiger partial charge < -0.3 is 5.11 Å². The number of rotatable bonds is 4. The first-order valence-corrected chi connectivity index (χ1v) is 8.49. The van der Waals surface area contributed by atoms with Crippen molar-refractivity contribution in [2.24, 2.45) is 0 Å². The lowest BCUT2D eigenvalue weighted by atomic mass is 10.0. The summed E-state index contributed by atoms with van der Waals surface area (Å²) in [5.74, 6) is -0.305. The highest BCUT2D eigenvalue weighted by atomic mass is 32.2. The van der Waals surface area contributed by atoms with Crippen molar-refractivity contribution < 1.29 is 13.5 Å². The smallest absolute Gasteiger partial charge is 0.181 e. The fourth-order valence-electron chi connectivity index (χ4n) is 2.40. The van der Waals surface area contributed by atoms with E-state index in [0.29, 0.717) is 5.56 Å². The van der Waals surface area contributed by atoms with Crippen LogP contribution in [-0.2, 0) is 9.84 Å². The second-order valence-electron chi connectivity index (χ2n) is 5.47. The third kappa shape index (κ3) is 3.71. The molecule has 21 heavy (non-hydrogen) atoms. The molecule has 1 N–H and O–H groups in total. The Labute approximate surface area is 126 Å². The molecule has 1 atom stereocenters. The van der Waals surface area contributed by atoms with Gasteiger partial charge in [0.05, 0.1) is 16.8 Å². The molecular weight excluding hydrogens is 284 g/mol. The molecule has 2 rings (SSSR count). The van der Waals surface area contributed by atoms with Crippen LogP contribution < -0.4 is 0 Å². The third-order valence-corrected chi connectivity index (χ3v) is 5.24. The molecule has 0 aliphatic rings. The van der Waals surface area contributed by atoms with Gasteiger partial charge in [-0.15, -0.1) is 0 Å². The molecule has 1 unspecified atom stereocenters. The lowest BCUT2D eigenvalue weighted by Gasteiger charge is -2.15. The molecule has 0 radical (unpaired) electrons. The van der Waals surface area contributed by atoms with Gasteiger partial charge in [0, 0.05) is 0 Å². The zero-order valence-electron chi connectivity index (χ0n) is 12.5. The fourth-order valence-corrected chi connectivity index (χ4v) is 3.84. The van der Waals surface area contributed by atoms with Gasteiger partial charge in [0.1, 0.15) is 0 Å². The monoisotopic (exact) mass is 304 g/mol. The maximum atomic E-state index is 12.4. The van der Waals surface area contributed by atoms with Crippen LogP contribution in [0.15, 0.2) is 47.4 Å². The number of hydrogen-bond acceptors (Lipinski definition) is 3. The molecule has 3 nitrogen and oxygen atoms in total. The zero-order valence-corrected chi connectivity index (χ0v) is 13.3. The van der Waals surface area contributed by atoms with Crippen molar-refractivity contribution >= 4 is 9.84 Å². The highest BCUT2D eigenvalue weighted by Crippen LogP contribution is 2.23. The Morgan fingerprint density at radius 2 is 1.67 bits per heavy atom. The molecule has 0 aliphatic carbocycles. The minimum absolute atomic E-state index is 0.256. The van der Waals surface area contributed by atoms with E-state index in [-0.39, 0.29) is 10.6 Å². The van der Waals surface area contributed by atoms with Gasteiger partial charge >= 0.3 is 0 Å². The molecule has 0 aromatic heterocycles.